The van der Waals surface area contributed by atoms with E-state index in [0.29, 0.717) is 97.6 Å². The van der Waals surface area contributed by atoms with Crippen molar-refractivity contribution in [1.29, 1.82) is 0 Å². The van der Waals surface area contributed by atoms with Crippen LogP contribution in [-0.2, 0) is 51.0 Å². The quantitative estimate of drug-likeness (QED) is 0.0652. The van der Waals surface area contributed by atoms with Crippen LogP contribution in [0.25, 0.3) is 21.9 Å². The number of fused-ring (bicyclic) bond motifs is 3. The third-order valence-corrected chi connectivity index (χ3v) is 9.61. The van der Waals surface area contributed by atoms with Crippen molar-refractivity contribution in [2.75, 3.05) is 78.9 Å². The van der Waals surface area contributed by atoms with Gasteiger partial charge in [-0.15, -0.1) is 0 Å². The number of imidazole rings is 1. The number of anilines is 1. The molecule has 13 nitrogen and oxygen atoms in total. The molecule has 0 radical (unpaired) electrons. The van der Waals surface area contributed by atoms with Crippen LogP contribution in [0.5, 0.6) is 0 Å². The number of likely N-dealkylation sites (N-methyl/N-ethyl adjacent to an activating group) is 1. The molecule has 0 amide bonds. The number of rotatable bonds is 35. The lowest BCUT2D eigenvalue weighted by atomic mass is 10.0. The van der Waals surface area contributed by atoms with E-state index in [0.717, 1.165) is 98.5 Å². The second kappa shape index (κ2) is 28.1. The number of nitrogens with one attached hydrogen (secondary N) is 1. The summed E-state index contributed by atoms with van der Waals surface area (Å²) in [5.74, 6) is 2.13. The Labute approximate surface area is 327 Å². The summed E-state index contributed by atoms with van der Waals surface area (Å²) < 4.78 is 30.0. The lowest BCUT2D eigenvalue weighted by molar-refractivity contribution is -0.121. The summed E-state index contributed by atoms with van der Waals surface area (Å²) in [6, 6.07) is 8.01. The molecule has 13 heteroatoms. The Morgan fingerprint density at radius 2 is 1.25 bits per heavy atom. The van der Waals surface area contributed by atoms with Gasteiger partial charge >= 0.3 is 0 Å². The number of benzene rings is 1. The van der Waals surface area contributed by atoms with Gasteiger partial charge in [-0.3, -0.25) is 14.4 Å². The molecule has 0 aliphatic rings. The van der Waals surface area contributed by atoms with Crippen molar-refractivity contribution in [3.8, 4) is 0 Å². The van der Waals surface area contributed by atoms with Gasteiger partial charge in [0.05, 0.1) is 83.1 Å². The Morgan fingerprint density at radius 1 is 0.709 bits per heavy atom. The lowest BCUT2D eigenvalue weighted by Gasteiger charge is -2.11. The molecule has 3 N–H and O–H groups in total. The number of nitrogens with two attached hydrogens (primary N) is 1. The van der Waals surface area contributed by atoms with Gasteiger partial charge in [-0.1, -0.05) is 50.8 Å². The number of pyridine rings is 1. The standard InChI is InChI=1S/C42H67N5O8/c1-4-5-19-39-46-40-41(36-16-11-12-18-38(36)45-42(40)43)47(39)22-13-7-9-15-35(50)21-24-52-26-28-54-30-32-55-31-29-53-27-25-51-23-20-34(49)14-8-6-10-17-37(44-3)33(2)48/h11-12,16,18,37,44H,4-10,13-15,17,19-32H2,1-3H3,(H2,43,45). The Kier molecular flexibility index (Phi) is 23.6. The van der Waals surface area contributed by atoms with Crippen LogP contribution in [-0.4, -0.2) is 111 Å². The smallest absolute Gasteiger partial charge is 0.152 e. The number of unbranched alkanes of at least 4 members (excludes halogenated alkanes) is 5. The first kappa shape index (κ1) is 46.1. The summed E-state index contributed by atoms with van der Waals surface area (Å²) in [5.41, 5.74) is 9.06. The van der Waals surface area contributed by atoms with E-state index in [9.17, 15) is 14.4 Å². The highest BCUT2D eigenvalue weighted by Crippen LogP contribution is 2.29. The van der Waals surface area contributed by atoms with E-state index in [-0.39, 0.29) is 23.4 Å². The molecule has 308 valence electrons. The van der Waals surface area contributed by atoms with Crippen molar-refractivity contribution in [3.63, 3.8) is 0 Å². The molecule has 2 heterocycles. The number of carbonyl (C=O) groups excluding carboxylic acids is 3. The van der Waals surface area contributed by atoms with Gasteiger partial charge in [0, 0.05) is 44.0 Å². The zero-order valence-electron chi connectivity index (χ0n) is 33.7. The predicted molar refractivity (Wildman–Crippen MR) is 216 cm³/mol. The van der Waals surface area contributed by atoms with Crippen LogP contribution in [0, 0.1) is 0 Å². The molecule has 1 atom stereocenters. The first-order valence-electron chi connectivity index (χ1n) is 20.5. The van der Waals surface area contributed by atoms with Crippen molar-refractivity contribution in [2.24, 2.45) is 0 Å². The number of para-hydroxylation sites is 1. The van der Waals surface area contributed by atoms with Gasteiger partial charge in [0.25, 0.3) is 0 Å². The minimum atomic E-state index is -0.0821. The van der Waals surface area contributed by atoms with E-state index in [4.69, 9.17) is 34.4 Å². The van der Waals surface area contributed by atoms with E-state index in [2.05, 4.69) is 27.9 Å². The molecule has 1 unspecified atom stereocenters. The molecule has 0 aliphatic heterocycles. The normalized spacial score (nSPS) is 12.2. The summed E-state index contributed by atoms with van der Waals surface area (Å²) in [6.45, 7) is 9.07. The van der Waals surface area contributed by atoms with Crippen LogP contribution in [0.3, 0.4) is 0 Å². The molecule has 0 fully saturated rings. The van der Waals surface area contributed by atoms with Crippen LogP contribution in [0.2, 0.25) is 0 Å². The zero-order chi connectivity index (χ0) is 39.5. The fourth-order valence-electron chi connectivity index (χ4n) is 6.44. The van der Waals surface area contributed by atoms with Gasteiger partial charge in [0.15, 0.2) is 5.82 Å². The number of ketones is 3. The maximum Gasteiger partial charge on any atom is 0.152 e. The van der Waals surface area contributed by atoms with Crippen LogP contribution < -0.4 is 11.1 Å². The monoisotopic (exact) mass is 769 g/mol. The molecule has 0 saturated carbocycles. The molecule has 55 heavy (non-hydrogen) atoms. The Bertz CT molecular complexity index is 1550. The first-order chi connectivity index (χ1) is 26.8. The highest BCUT2D eigenvalue weighted by molar-refractivity contribution is 6.06. The topological polar surface area (TPSA) is 166 Å². The fourth-order valence-corrected chi connectivity index (χ4v) is 6.44. The van der Waals surface area contributed by atoms with E-state index in [1.54, 1.807) is 14.0 Å². The van der Waals surface area contributed by atoms with E-state index >= 15 is 0 Å². The molecule has 0 bridgehead atoms. The zero-order valence-corrected chi connectivity index (χ0v) is 33.7. The third kappa shape index (κ3) is 18.0. The number of hydrogen-bond donors (Lipinski definition) is 2. The van der Waals surface area contributed by atoms with Crippen molar-refractivity contribution in [3.05, 3.63) is 30.1 Å². The number of ether oxygens (including phenoxy) is 5. The average Bonchev–Trinajstić information content (AvgIpc) is 3.55. The number of nitrogens with zero attached hydrogens (tertiary/aromatic N) is 3. The molecular formula is C42H67N5O8. The minimum Gasteiger partial charge on any atom is -0.382 e. The molecule has 0 saturated heterocycles. The molecule has 1 aromatic carbocycles. The third-order valence-electron chi connectivity index (χ3n) is 9.61. The Hall–Kier alpha value is -3.33. The van der Waals surface area contributed by atoms with Crippen molar-refractivity contribution >= 4 is 45.1 Å². The number of nitrogen functional groups attached to an aromatic ring is 1. The van der Waals surface area contributed by atoms with Gasteiger partial charge < -0.3 is 39.3 Å². The molecule has 3 aromatic rings. The highest BCUT2D eigenvalue weighted by Gasteiger charge is 2.17. The SMILES string of the molecule is CCCCc1nc2c(N)nc3ccccc3c2n1CCCCCC(=O)CCOCCOCCOCCOCCOCCC(=O)CCCCCC(NC)C(C)=O. The van der Waals surface area contributed by atoms with Gasteiger partial charge in [-0.25, -0.2) is 9.97 Å². The van der Waals surface area contributed by atoms with Gasteiger partial charge in [0.2, 0.25) is 0 Å². The number of aryl methyl sites for hydroxylation is 2. The van der Waals surface area contributed by atoms with Crippen LogP contribution >= 0.6 is 0 Å². The van der Waals surface area contributed by atoms with Crippen LogP contribution in [0.1, 0.15) is 103 Å². The average molecular weight is 770 g/mol. The summed E-state index contributed by atoms with van der Waals surface area (Å²) in [5, 5.41) is 4.10. The summed E-state index contributed by atoms with van der Waals surface area (Å²) in [7, 11) is 1.80. The number of Topliss-reactive ketones (excluding diaryl/α,β-unsaturated/α-hetero) is 3. The van der Waals surface area contributed by atoms with Crippen LogP contribution in [0.15, 0.2) is 24.3 Å². The first-order valence-corrected chi connectivity index (χ1v) is 20.5. The van der Waals surface area contributed by atoms with E-state index < -0.39 is 0 Å². The lowest BCUT2D eigenvalue weighted by Crippen LogP contribution is -2.32. The fraction of sp³-hybridized carbons (Fsp3) is 0.690. The van der Waals surface area contributed by atoms with Crippen LogP contribution in [0.4, 0.5) is 5.82 Å². The number of carbonyl (C=O) groups is 3. The highest BCUT2D eigenvalue weighted by atomic mass is 16.6. The molecular weight excluding hydrogens is 702 g/mol. The molecule has 0 spiro atoms. The molecule has 3 rings (SSSR count). The number of hydrogen-bond acceptors (Lipinski definition) is 12. The van der Waals surface area contributed by atoms with E-state index in [1.807, 2.05) is 18.2 Å². The van der Waals surface area contributed by atoms with Crippen molar-refractivity contribution in [1.82, 2.24) is 19.9 Å². The summed E-state index contributed by atoms with van der Waals surface area (Å²) in [6.07, 6.45) is 11.4. The van der Waals surface area contributed by atoms with Gasteiger partial charge in [-0.05, 0) is 52.1 Å². The Balaban J connectivity index is 1.09. The van der Waals surface area contributed by atoms with Gasteiger partial charge in [0.1, 0.15) is 28.7 Å². The number of aromatic nitrogens is 3. The molecule has 2 aromatic heterocycles. The molecule has 0 aliphatic carbocycles. The minimum absolute atomic E-state index is 0.0821. The maximum absolute atomic E-state index is 12.4. The second-order valence-electron chi connectivity index (χ2n) is 14.0. The van der Waals surface area contributed by atoms with Gasteiger partial charge in [-0.2, -0.15) is 0 Å². The second-order valence-corrected chi connectivity index (χ2v) is 14.0. The van der Waals surface area contributed by atoms with Crippen molar-refractivity contribution in [2.45, 2.75) is 116 Å². The Morgan fingerprint density at radius 3 is 1.80 bits per heavy atom. The van der Waals surface area contributed by atoms with E-state index in [1.165, 1.54) is 0 Å². The maximum atomic E-state index is 12.4. The van der Waals surface area contributed by atoms with Crippen molar-refractivity contribution < 1.29 is 38.1 Å². The predicted octanol–water partition coefficient (Wildman–Crippen LogP) is 6.20. The largest absolute Gasteiger partial charge is 0.382 e. The summed E-state index contributed by atoms with van der Waals surface area (Å²) >= 11 is 0. The summed E-state index contributed by atoms with van der Waals surface area (Å²) in [4.78, 5) is 45.3.